The summed E-state index contributed by atoms with van der Waals surface area (Å²) in [5, 5.41) is 0.207. The van der Waals surface area contributed by atoms with Gasteiger partial charge in [-0.1, -0.05) is 38.1 Å². The molecule has 2 aromatic rings. The van der Waals surface area contributed by atoms with Crippen molar-refractivity contribution in [3.8, 4) is 0 Å². The molecule has 1 aromatic carbocycles. The molecule has 5 heteroatoms. The molecule has 1 aliphatic rings. The Morgan fingerprint density at radius 2 is 1.81 bits per heavy atom. The quantitative estimate of drug-likeness (QED) is 0.747. The summed E-state index contributed by atoms with van der Waals surface area (Å²) >= 11 is 1.45. The Morgan fingerprint density at radius 1 is 1.04 bits per heavy atom. The molecule has 0 saturated carbocycles. The van der Waals surface area contributed by atoms with Crippen LogP contribution in [0.3, 0.4) is 0 Å². The first-order chi connectivity index (χ1) is 12.4. The fourth-order valence-electron chi connectivity index (χ4n) is 2.85. The maximum Gasteiger partial charge on any atom is 0.268 e. The van der Waals surface area contributed by atoms with Crippen LogP contribution in [0.1, 0.15) is 36.2 Å². The zero-order chi connectivity index (χ0) is 18.8. The van der Waals surface area contributed by atoms with E-state index in [2.05, 4.69) is 4.98 Å². The molecule has 0 atom stereocenters. The summed E-state index contributed by atoms with van der Waals surface area (Å²) in [5.74, 6) is -0.473. The third kappa shape index (κ3) is 3.58. The lowest BCUT2D eigenvalue weighted by atomic mass is 10.0. The van der Waals surface area contributed by atoms with Crippen molar-refractivity contribution in [3.63, 3.8) is 0 Å². The molecule has 2 amide bonds. The van der Waals surface area contributed by atoms with Crippen LogP contribution in [0.5, 0.6) is 0 Å². The standard InChI is InChI=1S/C21H22N2O2S/c1-13(2)26-19-18(16-9-8-14(3)15(4)11-16)20(24)23(21(19)25)12-17-7-5-6-10-22-17/h5-11,13H,12H2,1-4H3. The van der Waals surface area contributed by atoms with E-state index in [0.29, 0.717) is 16.2 Å². The lowest BCUT2D eigenvalue weighted by Gasteiger charge is -2.14. The zero-order valence-corrected chi connectivity index (χ0v) is 16.3. The van der Waals surface area contributed by atoms with Crippen molar-refractivity contribution in [3.05, 3.63) is 69.9 Å². The number of benzene rings is 1. The van der Waals surface area contributed by atoms with Gasteiger partial charge in [0, 0.05) is 11.4 Å². The highest BCUT2D eigenvalue weighted by atomic mass is 32.2. The molecule has 134 valence electrons. The van der Waals surface area contributed by atoms with E-state index < -0.39 is 0 Å². The van der Waals surface area contributed by atoms with E-state index in [-0.39, 0.29) is 23.6 Å². The smallest absolute Gasteiger partial charge is 0.268 e. The van der Waals surface area contributed by atoms with Crippen molar-refractivity contribution < 1.29 is 9.59 Å². The Kier molecular flexibility index (Phi) is 5.28. The number of aromatic nitrogens is 1. The van der Waals surface area contributed by atoms with Gasteiger partial charge in [-0.3, -0.25) is 19.5 Å². The van der Waals surface area contributed by atoms with Crippen LogP contribution in [0.2, 0.25) is 0 Å². The van der Waals surface area contributed by atoms with Crippen LogP contribution in [-0.4, -0.2) is 26.9 Å². The molecule has 0 N–H and O–H groups in total. The third-order valence-corrected chi connectivity index (χ3v) is 5.41. The largest absolute Gasteiger partial charge is 0.269 e. The molecule has 1 aromatic heterocycles. The number of hydrogen-bond donors (Lipinski definition) is 0. The second-order valence-electron chi connectivity index (χ2n) is 6.69. The van der Waals surface area contributed by atoms with Crippen molar-refractivity contribution in [2.75, 3.05) is 0 Å². The van der Waals surface area contributed by atoms with Crippen molar-refractivity contribution in [1.82, 2.24) is 9.88 Å². The number of imide groups is 1. The van der Waals surface area contributed by atoms with E-state index in [9.17, 15) is 9.59 Å². The Morgan fingerprint density at radius 3 is 2.42 bits per heavy atom. The predicted octanol–water partition coefficient (Wildman–Crippen LogP) is 4.12. The van der Waals surface area contributed by atoms with E-state index >= 15 is 0 Å². The second-order valence-corrected chi connectivity index (χ2v) is 8.27. The predicted molar refractivity (Wildman–Crippen MR) is 105 cm³/mol. The number of thioether (sulfide) groups is 1. The number of carbonyl (C=O) groups is 2. The molecule has 0 radical (unpaired) electrons. The third-order valence-electron chi connectivity index (χ3n) is 4.32. The first-order valence-corrected chi connectivity index (χ1v) is 9.51. The summed E-state index contributed by atoms with van der Waals surface area (Å²) < 4.78 is 0. The first-order valence-electron chi connectivity index (χ1n) is 8.63. The first kappa shape index (κ1) is 18.4. The monoisotopic (exact) mass is 366 g/mol. The van der Waals surface area contributed by atoms with Gasteiger partial charge >= 0.3 is 0 Å². The molecule has 1 aliphatic heterocycles. The normalized spacial score (nSPS) is 14.7. The summed E-state index contributed by atoms with van der Waals surface area (Å²) in [7, 11) is 0. The Hall–Kier alpha value is -2.40. The van der Waals surface area contributed by atoms with Crippen LogP contribution in [0, 0.1) is 13.8 Å². The summed E-state index contributed by atoms with van der Waals surface area (Å²) in [6, 6.07) is 11.4. The molecule has 0 bridgehead atoms. The summed E-state index contributed by atoms with van der Waals surface area (Å²) in [6.07, 6.45) is 1.67. The van der Waals surface area contributed by atoms with Crippen LogP contribution in [0.15, 0.2) is 47.5 Å². The molecule has 0 fully saturated rings. The summed E-state index contributed by atoms with van der Waals surface area (Å²) in [5.41, 5.74) is 4.28. The summed E-state index contributed by atoms with van der Waals surface area (Å²) in [6.45, 7) is 8.28. The second kappa shape index (κ2) is 7.46. The highest BCUT2D eigenvalue weighted by Crippen LogP contribution is 2.38. The van der Waals surface area contributed by atoms with Gasteiger partial charge in [0.2, 0.25) is 0 Å². The minimum absolute atomic E-state index is 0.189. The molecule has 2 heterocycles. The van der Waals surface area contributed by atoms with Crippen LogP contribution in [0.25, 0.3) is 5.57 Å². The van der Waals surface area contributed by atoms with Gasteiger partial charge in [-0.25, -0.2) is 0 Å². The van der Waals surface area contributed by atoms with Crippen LogP contribution >= 0.6 is 11.8 Å². The van der Waals surface area contributed by atoms with Gasteiger partial charge in [0.15, 0.2) is 0 Å². The fourth-order valence-corrected chi connectivity index (χ4v) is 3.85. The van der Waals surface area contributed by atoms with Crippen molar-refractivity contribution in [2.45, 2.75) is 39.5 Å². The number of pyridine rings is 1. The highest BCUT2D eigenvalue weighted by Gasteiger charge is 2.39. The van der Waals surface area contributed by atoms with E-state index in [4.69, 9.17) is 0 Å². The Labute approximate surface area is 158 Å². The van der Waals surface area contributed by atoms with Gasteiger partial charge in [-0.2, -0.15) is 0 Å². The lowest BCUT2D eigenvalue weighted by molar-refractivity contribution is -0.137. The number of nitrogens with zero attached hydrogens (tertiary/aromatic N) is 2. The maximum absolute atomic E-state index is 13.1. The van der Waals surface area contributed by atoms with Crippen LogP contribution < -0.4 is 0 Å². The van der Waals surface area contributed by atoms with Gasteiger partial charge in [-0.05, 0) is 42.7 Å². The Balaban J connectivity index is 2.02. The molecular formula is C21H22N2O2S. The minimum Gasteiger partial charge on any atom is -0.269 e. The highest BCUT2D eigenvalue weighted by molar-refractivity contribution is 8.04. The molecule has 0 aliphatic carbocycles. The van der Waals surface area contributed by atoms with E-state index in [0.717, 1.165) is 16.7 Å². The number of hydrogen-bond acceptors (Lipinski definition) is 4. The van der Waals surface area contributed by atoms with E-state index in [1.54, 1.807) is 6.20 Å². The number of carbonyl (C=O) groups excluding carboxylic acids is 2. The number of amides is 2. The molecule has 26 heavy (non-hydrogen) atoms. The topological polar surface area (TPSA) is 50.3 Å². The number of rotatable bonds is 5. The van der Waals surface area contributed by atoms with Crippen molar-refractivity contribution in [1.29, 1.82) is 0 Å². The van der Waals surface area contributed by atoms with Gasteiger partial charge in [0.25, 0.3) is 11.8 Å². The van der Waals surface area contributed by atoms with Crippen LogP contribution in [0.4, 0.5) is 0 Å². The van der Waals surface area contributed by atoms with Crippen molar-refractivity contribution >= 4 is 29.1 Å². The summed E-state index contributed by atoms with van der Waals surface area (Å²) in [4.78, 5) is 32.2. The lowest BCUT2D eigenvalue weighted by Crippen LogP contribution is -2.31. The van der Waals surface area contributed by atoms with Crippen LogP contribution in [-0.2, 0) is 16.1 Å². The number of aryl methyl sites for hydroxylation is 2. The molecule has 0 spiro atoms. The molecular weight excluding hydrogens is 344 g/mol. The average molecular weight is 366 g/mol. The molecule has 3 rings (SSSR count). The SMILES string of the molecule is Cc1ccc(C2=C(SC(C)C)C(=O)N(Cc3ccccn3)C2=O)cc1C. The average Bonchev–Trinajstić information content (AvgIpc) is 2.82. The van der Waals surface area contributed by atoms with Gasteiger partial charge < -0.3 is 0 Å². The molecule has 4 nitrogen and oxygen atoms in total. The minimum atomic E-state index is -0.243. The maximum atomic E-state index is 13.1. The van der Waals surface area contributed by atoms with Gasteiger partial charge in [0.1, 0.15) is 0 Å². The van der Waals surface area contributed by atoms with Gasteiger partial charge in [0.05, 0.1) is 22.7 Å². The van der Waals surface area contributed by atoms with Gasteiger partial charge in [-0.15, -0.1) is 11.8 Å². The zero-order valence-electron chi connectivity index (χ0n) is 15.4. The van der Waals surface area contributed by atoms with Crippen molar-refractivity contribution in [2.24, 2.45) is 0 Å². The molecule has 0 saturated heterocycles. The van der Waals surface area contributed by atoms with E-state index in [1.165, 1.54) is 16.7 Å². The Bertz CT molecular complexity index is 888. The van der Waals surface area contributed by atoms with E-state index in [1.807, 2.05) is 64.1 Å². The fraction of sp³-hybridized carbons (Fsp3) is 0.286. The molecule has 0 unspecified atom stereocenters.